The second-order valence-corrected chi connectivity index (χ2v) is 5.83. The number of carbonyl (C=O) groups is 1. The molecule has 1 fully saturated rings. The number of amides is 1. The number of rotatable bonds is 7. The largest absolute Gasteiger partial charge is 0.450 e. The number of hydrogen-bond donors (Lipinski definition) is 1. The van der Waals surface area contributed by atoms with Gasteiger partial charge >= 0.3 is 11.8 Å². The van der Waals surface area contributed by atoms with Gasteiger partial charge in [0, 0.05) is 39.3 Å². The molecular formula is C15H24N6O5. The van der Waals surface area contributed by atoms with Crippen LogP contribution in [0, 0.1) is 10.1 Å². The van der Waals surface area contributed by atoms with E-state index in [0.29, 0.717) is 39.4 Å². The quantitative estimate of drug-likeness (QED) is 0.557. The van der Waals surface area contributed by atoms with E-state index in [1.54, 1.807) is 23.8 Å². The SMILES string of the molecule is CCOC(=O)N1CCN(c2ncnc(NC(C)COC)c2[N+](=O)[O-])CC1. The first-order valence-electron chi connectivity index (χ1n) is 8.39. The summed E-state index contributed by atoms with van der Waals surface area (Å²) >= 11 is 0. The summed E-state index contributed by atoms with van der Waals surface area (Å²) < 4.78 is 10.0. The van der Waals surface area contributed by atoms with Crippen molar-refractivity contribution in [2.24, 2.45) is 0 Å². The third-order valence-corrected chi connectivity index (χ3v) is 3.89. The van der Waals surface area contributed by atoms with Crippen LogP contribution >= 0.6 is 0 Å². The Morgan fingerprint density at radius 2 is 2.08 bits per heavy atom. The topological polar surface area (TPSA) is 123 Å². The lowest BCUT2D eigenvalue weighted by Gasteiger charge is -2.34. The third kappa shape index (κ3) is 4.69. The molecule has 26 heavy (non-hydrogen) atoms. The highest BCUT2D eigenvalue weighted by molar-refractivity contribution is 5.71. The molecule has 1 unspecified atom stereocenters. The molecular weight excluding hydrogens is 344 g/mol. The van der Waals surface area contributed by atoms with E-state index < -0.39 is 4.92 Å². The lowest BCUT2D eigenvalue weighted by Crippen LogP contribution is -2.49. The molecule has 1 aromatic rings. The van der Waals surface area contributed by atoms with E-state index in [9.17, 15) is 14.9 Å². The summed E-state index contributed by atoms with van der Waals surface area (Å²) in [5.74, 6) is 0.387. The first kappa shape index (κ1) is 19.6. The molecule has 1 atom stereocenters. The number of ether oxygens (including phenoxy) is 2. The fourth-order valence-corrected chi connectivity index (χ4v) is 2.72. The maximum absolute atomic E-state index is 11.8. The van der Waals surface area contributed by atoms with Gasteiger partial charge in [-0.2, -0.15) is 0 Å². The molecule has 0 aliphatic carbocycles. The summed E-state index contributed by atoms with van der Waals surface area (Å²) in [5, 5.41) is 14.6. The summed E-state index contributed by atoms with van der Waals surface area (Å²) in [6.45, 7) is 5.93. The third-order valence-electron chi connectivity index (χ3n) is 3.89. The Hall–Kier alpha value is -2.69. The van der Waals surface area contributed by atoms with Gasteiger partial charge in [-0.25, -0.2) is 14.8 Å². The van der Waals surface area contributed by atoms with Crippen LogP contribution in [0.3, 0.4) is 0 Å². The van der Waals surface area contributed by atoms with Crippen LogP contribution in [0.1, 0.15) is 13.8 Å². The van der Waals surface area contributed by atoms with Gasteiger partial charge in [0.2, 0.25) is 11.6 Å². The molecule has 144 valence electrons. The number of methoxy groups -OCH3 is 1. The molecule has 1 aliphatic rings. The predicted molar refractivity (Wildman–Crippen MR) is 94.5 cm³/mol. The summed E-state index contributed by atoms with van der Waals surface area (Å²) in [7, 11) is 1.56. The van der Waals surface area contributed by atoms with Gasteiger partial charge in [0.25, 0.3) is 0 Å². The van der Waals surface area contributed by atoms with Gasteiger partial charge in [-0.15, -0.1) is 0 Å². The second-order valence-electron chi connectivity index (χ2n) is 5.83. The number of nitro groups is 1. The summed E-state index contributed by atoms with van der Waals surface area (Å²) in [6, 6.07) is -0.151. The van der Waals surface area contributed by atoms with Gasteiger partial charge in [-0.05, 0) is 13.8 Å². The zero-order valence-corrected chi connectivity index (χ0v) is 15.2. The number of nitrogens with zero attached hydrogens (tertiary/aromatic N) is 5. The second kappa shape index (κ2) is 9.13. The zero-order valence-electron chi connectivity index (χ0n) is 15.2. The maximum Gasteiger partial charge on any atom is 0.409 e. The highest BCUT2D eigenvalue weighted by Crippen LogP contribution is 2.32. The van der Waals surface area contributed by atoms with Crippen molar-refractivity contribution >= 4 is 23.4 Å². The lowest BCUT2D eigenvalue weighted by atomic mass is 10.3. The molecule has 1 N–H and O–H groups in total. The molecule has 2 rings (SSSR count). The van der Waals surface area contributed by atoms with Crippen molar-refractivity contribution in [3.8, 4) is 0 Å². The number of hydrogen-bond acceptors (Lipinski definition) is 9. The minimum Gasteiger partial charge on any atom is -0.450 e. The minimum atomic E-state index is -0.491. The lowest BCUT2D eigenvalue weighted by molar-refractivity contribution is -0.383. The van der Waals surface area contributed by atoms with Crippen LogP contribution in [0.4, 0.5) is 22.1 Å². The van der Waals surface area contributed by atoms with Gasteiger partial charge in [0.05, 0.1) is 18.1 Å². The van der Waals surface area contributed by atoms with Crippen LogP contribution in [0.2, 0.25) is 0 Å². The molecule has 0 bridgehead atoms. The summed E-state index contributed by atoms with van der Waals surface area (Å²) in [4.78, 5) is 34.4. The van der Waals surface area contributed by atoms with Gasteiger partial charge < -0.3 is 24.6 Å². The van der Waals surface area contributed by atoms with E-state index in [-0.39, 0.29) is 29.5 Å². The number of carbonyl (C=O) groups excluding carboxylic acids is 1. The molecule has 11 heteroatoms. The standard InChI is InChI=1S/C15H24N6O5/c1-4-26-15(22)20-7-5-19(6-8-20)14-12(21(23)24)13(16-10-17-14)18-11(2)9-25-3/h10-11H,4-9H2,1-3H3,(H,16,17,18). The maximum atomic E-state index is 11.8. The van der Waals surface area contributed by atoms with Crippen LogP contribution in [0.5, 0.6) is 0 Å². The van der Waals surface area contributed by atoms with Crippen molar-refractivity contribution in [2.45, 2.75) is 19.9 Å². The molecule has 2 heterocycles. The molecule has 0 spiro atoms. The Balaban J connectivity index is 2.17. The Kier molecular flexibility index (Phi) is 6.89. The van der Waals surface area contributed by atoms with Crippen LogP contribution < -0.4 is 10.2 Å². The normalized spacial score (nSPS) is 15.5. The fraction of sp³-hybridized carbons (Fsp3) is 0.667. The molecule has 0 saturated carbocycles. The van der Waals surface area contributed by atoms with Crippen molar-refractivity contribution in [1.29, 1.82) is 0 Å². The van der Waals surface area contributed by atoms with Gasteiger partial charge in [-0.1, -0.05) is 0 Å². The Bertz CT molecular complexity index is 635. The number of aromatic nitrogens is 2. The number of anilines is 2. The summed E-state index contributed by atoms with van der Waals surface area (Å²) in [5.41, 5.74) is -0.181. The smallest absolute Gasteiger partial charge is 0.409 e. The van der Waals surface area contributed by atoms with Crippen molar-refractivity contribution in [2.75, 3.05) is 56.7 Å². The van der Waals surface area contributed by atoms with E-state index in [0.717, 1.165) is 0 Å². The molecule has 1 amide bonds. The first-order chi connectivity index (χ1) is 12.5. The van der Waals surface area contributed by atoms with E-state index in [2.05, 4.69) is 15.3 Å². The van der Waals surface area contributed by atoms with E-state index in [1.807, 2.05) is 6.92 Å². The van der Waals surface area contributed by atoms with Gasteiger partial charge in [-0.3, -0.25) is 10.1 Å². The van der Waals surface area contributed by atoms with E-state index in [4.69, 9.17) is 9.47 Å². The average molecular weight is 368 g/mol. The van der Waals surface area contributed by atoms with Gasteiger partial charge in [0.1, 0.15) is 6.33 Å². The zero-order chi connectivity index (χ0) is 19.1. The first-order valence-corrected chi connectivity index (χ1v) is 8.39. The van der Waals surface area contributed by atoms with Crippen LogP contribution in [0.15, 0.2) is 6.33 Å². The molecule has 1 aliphatic heterocycles. The van der Waals surface area contributed by atoms with Crippen molar-refractivity contribution in [1.82, 2.24) is 14.9 Å². The fourth-order valence-electron chi connectivity index (χ4n) is 2.72. The Labute approximate surface area is 151 Å². The van der Waals surface area contributed by atoms with Crippen molar-refractivity contribution in [3.63, 3.8) is 0 Å². The monoisotopic (exact) mass is 368 g/mol. The Morgan fingerprint density at radius 1 is 1.38 bits per heavy atom. The highest BCUT2D eigenvalue weighted by atomic mass is 16.6. The van der Waals surface area contributed by atoms with E-state index >= 15 is 0 Å². The van der Waals surface area contributed by atoms with Crippen LogP contribution in [-0.4, -0.2) is 78.4 Å². The summed E-state index contributed by atoms with van der Waals surface area (Å²) in [6.07, 6.45) is 0.919. The molecule has 1 saturated heterocycles. The molecule has 0 radical (unpaired) electrons. The van der Waals surface area contributed by atoms with Crippen molar-refractivity contribution in [3.05, 3.63) is 16.4 Å². The minimum absolute atomic E-state index is 0.150. The average Bonchev–Trinajstić information content (AvgIpc) is 2.62. The predicted octanol–water partition coefficient (Wildman–Crippen LogP) is 1.11. The van der Waals surface area contributed by atoms with Gasteiger partial charge in [0.15, 0.2) is 0 Å². The molecule has 0 aromatic carbocycles. The van der Waals surface area contributed by atoms with Crippen LogP contribution in [0.25, 0.3) is 0 Å². The highest BCUT2D eigenvalue weighted by Gasteiger charge is 2.31. The number of piperazine rings is 1. The number of nitrogens with one attached hydrogen (secondary N) is 1. The van der Waals surface area contributed by atoms with Crippen LogP contribution in [-0.2, 0) is 9.47 Å². The van der Waals surface area contributed by atoms with E-state index in [1.165, 1.54) is 6.33 Å². The molecule has 1 aromatic heterocycles. The van der Waals surface area contributed by atoms with Crippen molar-refractivity contribution < 1.29 is 19.2 Å². The Morgan fingerprint density at radius 3 is 2.65 bits per heavy atom. The molecule has 11 nitrogen and oxygen atoms in total.